The summed E-state index contributed by atoms with van der Waals surface area (Å²) in [6, 6.07) is 12.3. The molecule has 1 amide bonds. The molecule has 1 aromatic carbocycles. The summed E-state index contributed by atoms with van der Waals surface area (Å²) < 4.78 is 0. The van der Waals surface area contributed by atoms with Crippen molar-refractivity contribution >= 4 is 23.0 Å². The highest BCUT2D eigenvalue weighted by molar-refractivity contribution is 7.12. The summed E-state index contributed by atoms with van der Waals surface area (Å²) >= 11 is 1.63. The average Bonchev–Trinajstić information content (AvgIpc) is 2.96. The lowest BCUT2D eigenvalue weighted by Gasteiger charge is -2.16. The number of carbonyl (C=O) groups is 2. The van der Waals surface area contributed by atoms with Crippen LogP contribution in [0.3, 0.4) is 0 Å². The second kappa shape index (κ2) is 10.2. The minimum absolute atomic E-state index is 0.0475. The molecule has 26 heavy (non-hydrogen) atoms. The number of amides is 1. The van der Waals surface area contributed by atoms with Crippen LogP contribution in [0.25, 0.3) is 0 Å². The van der Waals surface area contributed by atoms with E-state index in [2.05, 4.69) is 29.4 Å². The number of ketones is 1. The number of hydrogen-bond donors (Lipinski definition) is 1. The maximum atomic E-state index is 12.2. The summed E-state index contributed by atoms with van der Waals surface area (Å²) in [5, 5.41) is 2.91. The largest absolute Gasteiger partial charge is 0.356 e. The van der Waals surface area contributed by atoms with Crippen LogP contribution in [-0.2, 0) is 11.3 Å². The van der Waals surface area contributed by atoms with E-state index in [-0.39, 0.29) is 24.5 Å². The van der Waals surface area contributed by atoms with Gasteiger partial charge in [0.1, 0.15) is 0 Å². The molecule has 0 aliphatic carbocycles. The highest BCUT2D eigenvalue weighted by atomic mass is 32.1. The number of Topliss-reactive ketones (excluding diaryl/α,β-unsaturated/α-hetero) is 1. The van der Waals surface area contributed by atoms with E-state index in [9.17, 15) is 9.59 Å². The van der Waals surface area contributed by atoms with Gasteiger partial charge in [0.15, 0.2) is 5.78 Å². The fourth-order valence-corrected chi connectivity index (χ4v) is 3.85. The van der Waals surface area contributed by atoms with Crippen molar-refractivity contribution in [3.05, 3.63) is 57.3 Å². The van der Waals surface area contributed by atoms with Crippen LogP contribution < -0.4 is 5.32 Å². The Morgan fingerprint density at radius 3 is 2.50 bits per heavy atom. The van der Waals surface area contributed by atoms with Gasteiger partial charge in [0.2, 0.25) is 5.91 Å². The average molecular weight is 373 g/mol. The summed E-state index contributed by atoms with van der Waals surface area (Å²) in [4.78, 5) is 28.5. The van der Waals surface area contributed by atoms with Crippen molar-refractivity contribution in [3.8, 4) is 0 Å². The normalized spacial score (nSPS) is 10.9. The van der Waals surface area contributed by atoms with Crippen molar-refractivity contribution in [3.63, 3.8) is 0 Å². The topological polar surface area (TPSA) is 49.4 Å². The second-order valence-electron chi connectivity index (χ2n) is 6.68. The molecule has 0 aliphatic rings. The van der Waals surface area contributed by atoms with Gasteiger partial charge in [-0.15, -0.1) is 11.3 Å². The number of nitrogens with zero attached hydrogens (tertiary/aromatic N) is 1. The lowest BCUT2D eigenvalue weighted by atomic mass is 10.1. The zero-order chi connectivity index (χ0) is 18.9. The Bertz CT molecular complexity index is 725. The van der Waals surface area contributed by atoms with Crippen LogP contribution in [0.4, 0.5) is 0 Å². The maximum Gasteiger partial charge on any atom is 0.220 e. The van der Waals surface area contributed by atoms with Crippen LogP contribution in [0.2, 0.25) is 0 Å². The Morgan fingerprint density at radius 2 is 1.85 bits per heavy atom. The third kappa shape index (κ3) is 6.73. The third-order valence-electron chi connectivity index (χ3n) is 4.25. The Labute approximate surface area is 160 Å². The number of aryl methyl sites for hydroxylation is 2. The molecular weight excluding hydrogens is 344 g/mol. The molecule has 0 atom stereocenters. The Morgan fingerprint density at radius 1 is 1.12 bits per heavy atom. The number of hydrogen-bond acceptors (Lipinski definition) is 4. The first-order chi connectivity index (χ1) is 12.5. The molecule has 0 bridgehead atoms. The van der Waals surface area contributed by atoms with Gasteiger partial charge in [0.05, 0.1) is 0 Å². The lowest BCUT2D eigenvalue weighted by molar-refractivity contribution is -0.121. The SMILES string of the molecule is Cc1cc(C(=O)CCC(=O)NCCCN(C)Cc2ccccc2)c(C)s1. The van der Waals surface area contributed by atoms with E-state index in [0.29, 0.717) is 6.54 Å². The molecule has 2 aromatic rings. The Balaban J connectivity index is 1.60. The summed E-state index contributed by atoms with van der Waals surface area (Å²) in [6.07, 6.45) is 1.43. The van der Waals surface area contributed by atoms with Gasteiger partial charge in [0.25, 0.3) is 0 Å². The number of thiophene rings is 1. The van der Waals surface area contributed by atoms with Crippen LogP contribution in [0.1, 0.15) is 44.9 Å². The van der Waals surface area contributed by atoms with Crippen molar-refractivity contribution in [2.75, 3.05) is 20.1 Å². The number of nitrogens with one attached hydrogen (secondary N) is 1. The Kier molecular flexibility index (Phi) is 8.01. The fraction of sp³-hybridized carbons (Fsp3) is 0.429. The van der Waals surface area contributed by atoms with Crippen LogP contribution in [-0.4, -0.2) is 36.7 Å². The van der Waals surface area contributed by atoms with Crippen molar-refractivity contribution in [2.24, 2.45) is 0 Å². The van der Waals surface area contributed by atoms with Gasteiger partial charge in [-0.2, -0.15) is 0 Å². The quantitative estimate of drug-likeness (QED) is 0.507. The standard InChI is InChI=1S/C21H28N2O2S/c1-16-14-19(17(2)26-16)20(24)10-11-21(25)22-12-7-13-23(3)15-18-8-5-4-6-9-18/h4-6,8-9,14H,7,10-13,15H2,1-3H3,(H,22,25). The molecule has 2 rings (SSSR count). The minimum atomic E-state index is -0.0475. The van der Waals surface area contributed by atoms with Gasteiger partial charge >= 0.3 is 0 Å². The molecule has 0 aliphatic heterocycles. The van der Waals surface area contributed by atoms with Crippen LogP contribution in [0.5, 0.6) is 0 Å². The van der Waals surface area contributed by atoms with Crippen LogP contribution in [0.15, 0.2) is 36.4 Å². The third-order valence-corrected chi connectivity index (χ3v) is 5.22. The first kappa shape index (κ1) is 20.3. The number of benzene rings is 1. The molecule has 1 heterocycles. The predicted molar refractivity (Wildman–Crippen MR) is 108 cm³/mol. The first-order valence-electron chi connectivity index (χ1n) is 9.05. The molecule has 0 unspecified atom stereocenters. The Hall–Kier alpha value is -1.98. The second-order valence-corrected chi connectivity index (χ2v) is 8.14. The van der Waals surface area contributed by atoms with E-state index >= 15 is 0 Å². The zero-order valence-corrected chi connectivity index (χ0v) is 16.7. The molecule has 0 saturated carbocycles. The van der Waals surface area contributed by atoms with E-state index in [0.717, 1.165) is 34.8 Å². The molecule has 0 saturated heterocycles. The fourth-order valence-electron chi connectivity index (χ4n) is 2.91. The molecule has 0 radical (unpaired) electrons. The molecular formula is C21H28N2O2S. The van der Waals surface area contributed by atoms with Gasteiger partial charge in [-0.3, -0.25) is 9.59 Å². The smallest absolute Gasteiger partial charge is 0.220 e. The predicted octanol–water partition coefficient (Wildman–Crippen LogP) is 3.97. The molecule has 1 aromatic heterocycles. The van der Waals surface area contributed by atoms with Gasteiger partial charge in [-0.25, -0.2) is 0 Å². The van der Waals surface area contributed by atoms with Gasteiger partial charge in [-0.05, 0) is 45.5 Å². The van der Waals surface area contributed by atoms with E-state index in [1.165, 1.54) is 5.56 Å². The summed E-state index contributed by atoms with van der Waals surface area (Å²) in [5.41, 5.74) is 2.05. The molecule has 140 valence electrons. The molecule has 0 spiro atoms. The van der Waals surface area contributed by atoms with E-state index < -0.39 is 0 Å². The van der Waals surface area contributed by atoms with Crippen molar-refractivity contribution < 1.29 is 9.59 Å². The van der Waals surface area contributed by atoms with E-state index in [1.54, 1.807) is 11.3 Å². The zero-order valence-electron chi connectivity index (χ0n) is 15.9. The maximum absolute atomic E-state index is 12.2. The monoisotopic (exact) mass is 372 g/mol. The summed E-state index contributed by atoms with van der Waals surface area (Å²) in [6.45, 7) is 6.42. The van der Waals surface area contributed by atoms with Crippen molar-refractivity contribution in [1.82, 2.24) is 10.2 Å². The van der Waals surface area contributed by atoms with Crippen LogP contribution >= 0.6 is 11.3 Å². The first-order valence-corrected chi connectivity index (χ1v) is 9.86. The van der Waals surface area contributed by atoms with Gasteiger partial charge < -0.3 is 10.2 Å². The highest BCUT2D eigenvalue weighted by Gasteiger charge is 2.13. The molecule has 4 nitrogen and oxygen atoms in total. The minimum Gasteiger partial charge on any atom is -0.356 e. The molecule has 0 fully saturated rings. The van der Waals surface area contributed by atoms with Gasteiger partial charge in [-0.1, -0.05) is 30.3 Å². The highest BCUT2D eigenvalue weighted by Crippen LogP contribution is 2.22. The number of carbonyl (C=O) groups excluding carboxylic acids is 2. The molecule has 1 N–H and O–H groups in total. The van der Waals surface area contributed by atoms with Crippen molar-refractivity contribution in [1.29, 1.82) is 0 Å². The summed E-state index contributed by atoms with van der Waals surface area (Å²) in [7, 11) is 2.08. The lowest BCUT2D eigenvalue weighted by Crippen LogP contribution is -2.28. The molecule has 5 heteroatoms. The number of rotatable bonds is 10. The van der Waals surface area contributed by atoms with Gasteiger partial charge in [0, 0.05) is 41.2 Å². The summed E-state index contributed by atoms with van der Waals surface area (Å²) in [5.74, 6) is 0.0123. The van der Waals surface area contributed by atoms with E-state index in [4.69, 9.17) is 0 Å². The van der Waals surface area contributed by atoms with Crippen LogP contribution in [0, 0.1) is 13.8 Å². The van der Waals surface area contributed by atoms with E-state index in [1.807, 2.05) is 38.1 Å². The van der Waals surface area contributed by atoms with Crippen molar-refractivity contribution in [2.45, 2.75) is 39.7 Å².